The Bertz CT molecular complexity index is 786. The second kappa shape index (κ2) is 7.02. The zero-order valence-corrected chi connectivity index (χ0v) is 12.6. The Kier molecular flexibility index (Phi) is 5.19. The van der Waals surface area contributed by atoms with Crippen LogP contribution in [0.2, 0.25) is 0 Å². The zero-order chi connectivity index (χ0) is 19.5. The van der Waals surface area contributed by atoms with E-state index in [1.165, 1.54) is 24.3 Å². The first-order valence-corrected chi connectivity index (χ1v) is 6.80. The van der Waals surface area contributed by atoms with E-state index in [0.717, 1.165) is 0 Å². The molecule has 1 heterocycles. The minimum atomic E-state index is -5.19. The van der Waals surface area contributed by atoms with Crippen LogP contribution in [0.15, 0.2) is 42.5 Å². The monoisotopic (exact) mass is 377 g/mol. The first kappa shape index (κ1) is 19.2. The maximum absolute atomic E-state index is 12.7. The molecular weight excluding hydrogens is 368 g/mol. The van der Waals surface area contributed by atoms with Gasteiger partial charge in [-0.15, -0.1) is 0 Å². The van der Waals surface area contributed by atoms with E-state index in [-0.39, 0.29) is 17.7 Å². The largest absolute Gasteiger partial charge is 0.433 e. The highest BCUT2D eigenvalue weighted by Gasteiger charge is 2.39. The van der Waals surface area contributed by atoms with Gasteiger partial charge in [0.1, 0.15) is 11.4 Å². The fraction of sp³-hybridized carbons (Fsp3) is 0.133. The molecule has 0 spiro atoms. The van der Waals surface area contributed by atoms with Crippen molar-refractivity contribution in [3.8, 4) is 0 Å². The highest BCUT2D eigenvalue weighted by atomic mass is 19.4. The number of hydrazine groups is 1. The Morgan fingerprint density at radius 1 is 0.731 bits per heavy atom. The third-order valence-electron chi connectivity index (χ3n) is 2.99. The number of benzene rings is 1. The van der Waals surface area contributed by atoms with Crippen LogP contribution in [-0.2, 0) is 12.4 Å². The Balaban J connectivity index is 2.23. The maximum atomic E-state index is 12.7. The predicted octanol–water partition coefficient (Wildman–Crippen LogP) is 3.19. The first-order chi connectivity index (χ1) is 12.0. The van der Waals surface area contributed by atoms with Gasteiger partial charge in [0, 0.05) is 11.1 Å². The van der Waals surface area contributed by atoms with E-state index in [0.29, 0.717) is 0 Å². The number of rotatable bonds is 2. The fourth-order valence-corrected chi connectivity index (χ4v) is 1.80. The summed E-state index contributed by atoms with van der Waals surface area (Å²) in [5.41, 5.74) is -0.964. The summed E-state index contributed by atoms with van der Waals surface area (Å²) in [5.74, 6) is -2.17. The Hall–Kier alpha value is -3.11. The number of alkyl halides is 6. The minimum Gasteiger partial charge on any atom is -0.267 e. The van der Waals surface area contributed by atoms with Crippen LogP contribution in [0.5, 0.6) is 0 Å². The van der Waals surface area contributed by atoms with E-state index in [4.69, 9.17) is 0 Å². The van der Waals surface area contributed by atoms with Crippen molar-refractivity contribution in [2.24, 2.45) is 0 Å². The number of carbonyl (C=O) groups is 2. The van der Waals surface area contributed by atoms with Gasteiger partial charge in [-0.1, -0.05) is 18.2 Å². The van der Waals surface area contributed by atoms with Crippen molar-refractivity contribution in [1.82, 2.24) is 15.8 Å². The first-order valence-electron chi connectivity index (χ1n) is 6.80. The van der Waals surface area contributed by atoms with Gasteiger partial charge in [-0.3, -0.25) is 20.4 Å². The highest BCUT2D eigenvalue weighted by Crippen LogP contribution is 2.33. The number of hydrogen-bond acceptors (Lipinski definition) is 3. The van der Waals surface area contributed by atoms with Gasteiger partial charge < -0.3 is 0 Å². The highest BCUT2D eigenvalue weighted by molar-refractivity contribution is 5.99. The summed E-state index contributed by atoms with van der Waals surface area (Å²) in [6.07, 6.45) is -10.4. The third kappa shape index (κ3) is 4.71. The van der Waals surface area contributed by atoms with E-state index in [1.807, 2.05) is 5.43 Å². The van der Waals surface area contributed by atoms with Gasteiger partial charge in [-0.05, 0) is 24.3 Å². The lowest BCUT2D eigenvalue weighted by atomic mass is 10.1. The van der Waals surface area contributed by atoms with Crippen molar-refractivity contribution >= 4 is 11.8 Å². The van der Waals surface area contributed by atoms with Gasteiger partial charge in [0.25, 0.3) is 11.8 Å². The lowest BCUT2D eigenvalue weighted by Gasteiger charge is -2.13. The molecular formula is C15H9F6N3O2. The molecule has 138 valence electrons. The van der Waals surface area contributed by atoms with Crippen molar-refractivity contribution < 1.29 is 35.9 Å². The van der Waals surface area contributed by atoms with Crippen molar-refractivity contribution in [1.29, 1.82) is 0 Å². The number of hydrogen-bond donors (Lipinski definition) is 2. The summed E-state index contributed by atoms with van der Waals surface area (Å²) >= 11 is 0. The lowest BCUT2D eigenvalue weighted by molar-refractivity contribution is -0.150. The molecule has 0 atom stereocenters. The van der Waals surface area contributed by atoms with Crippen LogP contribution < -0.4 is 10.9 Å². The number of pyridine rings is 1. The Morgan fingerprint density at radius 3 is 1.58 bits per heavy atom. The Labute approximate surface area is 142 Å². The smallest absolute Gasteiger partial charge is 0.267 e. The molecule has 2 aromatic rings. The predicted molar refractivity (Wildman–Crippen MR) is 75.6 cm³/mol. The molecule has 0 bridgehead atoms. The molecule has 1 aromatic heterocycles. The van der Waals surface area contributed by atoms with E-state index in [9.17, 15) is 35.9 Å². The summed E-state index contributed by atoms with van der Waals surface area (Å²) in [6, 6.07) is 7.73. The number of amides is 2. The molecule has 0 aliphatic carbocycles. The normalized spacial score (nSPS) is 11.8. The molecule has 0 radical (unpaired) electrons. The molecule has 26 heavy (non-hydrogen) atoms. The van der Waals surface area contributed by atoms with Crippen LogP contribution in [0.1, 0.15) is 32.1 Å². The van der Waals surface area contributed by atoms with Crippen LogP contribution in [-0.4, -0.2) is 16.8 Å². The molecule has 0 saturated carbocycles. The molecule has 0 aliphatic heterocycles. The van der Waals surface area contributed by atoms with Crippen LogP contribution in [0.4, 0.5) is 26.3 Å². The summed E-state index contributed by atoms with van der Waals surface area (Å²) in [5, 5.41) is 0. The van der Waals surface area contributed by atoms with Crippen LogP contribution >= 0.6 is 0 Å². The van der Waals surface area contributed by atoms with Crippen LogP contribution in [0, 0.1) is 0 Å². The summed E-state index contributed by atoms with van der Waals surface area (Å²) in [6.45, 7) is 0. The van der Waals surface area contributed by atoms with Gasteiger partial charge in [0.05, 0.1) is 0 Å². The van der Waals surface area contributed by atoms with E-state index in [1.54, 1.807) is 11.5 Å². The standard InChI is InChI=1S/C15H9F6N3O2/c16-14(17,18)10-6-9(7-11(22-10)15(19,20)21)13(26)24-23-12(25)8-4-2-1-3-5-8/h1-7H,(H,23,25)(H,24,26). The summed E-state index contributed by atoms with van der Waals surface area (Å²) in [7, 11) is 0. The quantitative estimate of drug-likeness (QED) is 0.624. The van der Waals surface area contributed by atoms with Crippen LogP contribution in [0.25, 0.3) is 0 Å². The molecule has 0 saturated heterocycles. The molecule has 2 rings (SSSR count). The topological polar surface area (TPSA) is 71.1 Å². The number of halogens is 6. The fourth-order valence-electron chi connectivity index (χ4n) is 1.80. The number of nitrogens with zero attached hydrogens (tertiary/aromatic N) is 1. The molecule has 2 N–H and O–H groups in total. The van der Waals surface area contributed by atoms with E-state index < -0.39 is 41.1 Å². The van der Waals surface area contributed by atoms with E-state index in [2.05, 4.69) is 4.98 Å². The van der Waals surface area contributed by atoms with Crippen LogP contribution in [0.3, 0.4) is 0 Å². The second-order valence-electron chi connectivity index (χ2n) is 4.90. The van der Waals surface area contributed by atoms with Crippen molar-refractivity contribution in [2.75, 3.05) is 0 Å². The number of nitrogens with one attached hydrogen (secondary N) is 2. The van der Waals surface area contributed by atoms with Gasteiger partial charge in [-0.25, -0.2) is 4.98 Å². The maximum Gasteiger partial charge on any atom is 0.433 e. The average molecular weight is 377 g/mol. The summed E-state index contributed by atoms with van der Waals surface area (Å²) < 4.78 is 76.2. The van der Waals surface area contributed by atoms with Crippen molar-refractivity contribution in [2.45, 2.75) is 12.4 Å². The average Bonchev–Trinajstić information content (AvgIpc) is 2.58. The molecule has 0 unspecified atom stereocenters. The molecule has 0 fully saturated rings. The minimum absolute atomic E-state index is 0.120. The number of carbonyl (C=O) groups excluding carboxylic acids is 2. The molecule has 1 aromatic carbocycles. The third-order valence-corrected chi connectivity index (χ3v) is 2.99. The van der Waals surface area contributed by atoms with Crippen molar-refractivity contribution in [3.63, 3.8) is 0 Å². The second-order valence-corrected chi connectivity index (χ2v) is 4.90. The molecule has 11 heteroatoms. The molecule has 2 amide bonds. The van der Waals surface area contributed by atoms with Gasteiger partial charge in [-0.2, -0.15) is 26.3 Å². The number of aromatic nitrogens is 1. The lowest BCUT2D eigenvalue weighted by Crippen LogP contribution is -2.41. The van der Waals surface area contributed by atoms with Gasteiger partial charge in [0.2, 0.25) is 0 Å². The summed E-state index contributed by atoms with van der Waals surface area (Å²) in [4.78, 5) is 26.1. The van der Waals surface area contributed by atoms with Gasteiger partial charge >= 0.3 is 12.4 Å². The van der Waals surface area contributed by atoms with Crippen molar-refractivity contribution in [3.05, 3.63) is 65.0 Å². The molecule has 5 nitrogen and oxygen atoms in total. The Morgan fingerprint density at radius 2 is 1.15 bits per heavy atom. The van der Waals surface area contributed by atoms with E-state index >= 15 is 0 Å². The SMILES string of the molecule is O=C(NNC(=O)c1cc(C(F)(F)F)nc(C(F)(F)F)c1)c1ccccc1. The van der Waals surface area contributed by atoms with Gasteiger partial charge in [0.15, 0.2) is 0 Å². The zero-order valence-electron chi connectivity index (χ0n) is 12.6. The molecule has 0 aliphatic rings.